The van der Waals surface area contributed by atoms with Crippen molar-refractivity contribution >= 4 is 23.2 Å². The van der Waals surface area contributed by atoms with Crippen LogP contribution < -0.4 is 5.32 Å². The second kappa shape index (κ2) is 5.75. The lowest BCUT2D eigenvalue weighted by Crippen LogP contribution is -2.55. The number of hydrogen-bond donors (Lipinski definition) is 1. The van der Waals surface area contributed by atoms with E-state index in [0.29, 0.717) is 19.5 Å². The van der Waals surface area contributed by atoms with Gasteiger partial charge in [-0.3, -0.25) is 9.59 Å². The Bertz CT molecular complexity index is 549. The van der Waals surface area contributed by atoms with Gasteiger partial charge < -0.3 is 10.2 Å². The first-order valence-corrected chi connectivity index (χ1v) is 8.48. The largest absolute Gasteiger partial charge is 0.342 e. The summed E-state index contributed by atoms with van der Waals surface area (Å²) in [5.74, 6) is 0.120. The lowest BCUT2D eigenvalue weighted by molar-refractivity contribution is -0.138. The highest BCUT2D eigenvalue weighted by molar-refractivity contribution is 7.09. The topological polar surface area (TPSA) is 62.3 Å². The third-order valence-electron chi connectivity index (χ3n) is 4.45. The maximum Gasteiger partial charge on any atom is 0.248 e. The van der Waals surface area contributed by atoms with E-state index in [2.05, 4.69) is 10.3 Å². The zero-order valence-corrected chi connectivity index (χ0v) is 13.2. The van der Waals surface area contributed by atoms with E-state index in [1.54, 1.807) is 11.3 Å². The van der Waals surface area contributed by atoms with E-state index in [9.17, 15) is 9.59 Å². The molecule has 1 saturated carbocycles. The number of aromatic nitrogens is 1. The van der Waals surface area contributed by atoms with Gasteiger partial charge in [-0.05, 0) is 19.8 Å². The number of rotatable bonds is 3. The summed E-state index contributed by atoms with van der Waals surface area (Å²) in [7, 11) is 0. The molecule has 1 aliphatic heterocycles. The average molecular weight is 307 g/mol. The van der Waals surface area contributed by atoms with Crippen molar-refractivity contribution in [2.45, 2.75) is 51.0 Å². The van der Waals surface area contributed by atoms with Crippen LogP contribution in [0.4, 0.5) is 0 Å². The number of thiazole rings is 1. The van der Waals surface area contributed by atoms with Crippen LogP contribution >= 0.6 is 11.3 Å². The molecule has 1 aliphatic carbocycles. The Morgan fingerprint density at radius 1 is 1.38 bits per heavy atom. The van der Waals surface area contributed by atoms with Gasteiger partial charge in [0, 0.05) is 31.3 Å². The van der Waals surface area contributed by atoms with Gasteiger partial charge in [0.15, 0.2) is 0 Å². The number of amides is 2. The van der Waals surface area contributed by atoms with Crippen molar-refractivity contribution < 1.29 is 9.59 Å². The second-order valence-corrected chi connectivity index (χ2v) is 7.05. The molecule has 2 fully saturated rings. The van der Waals surface area contributed by atoms with E-state index in [4.69, 9.17) is 0 Å². The fourth-order valence-electron chi connectivity index (χ4n) is 3.33. The van der Waals surface area contributed by atoms with E-state index >= 15 is 0 Å². The predicted molar refractivity (Wildman–Crippen MR) is 81.1 cm³/mol. The molecule has 0 unspecified atom stereocenters. The molecule has 3 rings (SSSR count). The molecule has 2 aliphatic rings. The normalized spacial score (nSPS) is 21.7. The summed E-state index contributed by atoms with van der Waals surface area (Å²) in [6, 6.07) is 0. The number of hydrogen-bond acceptors (Lipinski definition) is 4. The molecule has 0 atom stereocenters. The summed E-state index contributed by atoms with van der Waals surface area (Å²) in [5, 5.41) is 6.09. The van der Waals surface area contributed by atoms with Gasteiger partial charge >= 0.3 is 0 Å². The first kappa shape index (κ1) is 14.5. The van der Waals surface area contributed by atoms with Crippen molar-refractivity contribution in [3.05, 3.63) is 16.1 Å². The Hall–Kier alpha value is -1.43. The van der Waals surface area contributed by atoms with Crippen LogP contribution in [0.25, 0.3) is 0 Å². The molecule has 0 aromatic carbocycles. The summed E-state index contributed by atoms with van der Waals surface area (Å²) < 4.78 is 0. The quantitative estimate of drug-likeness (QED) is 0.923. The Labute approximate surface area is 128 Å². The first-order chi connectivity index (χ1) is 10.1. The van der Waals surface area contributed by atoms with E-state index in [1.807, 2.05) is 17.2 Å². The van der Waals surface area contributed by atoms with E-state index < -0.39 is 5.54 Å². The van der Waals surface area contributed by atoms with Gasteiger partial charge in [-0.25, -0.2) is 4.98 Å². The number of carbonyl (C=O) groups is 2. The highest BCUT2D eigenvalue weighted by Gasteiger charge is 2.46. The molecular formula is C15H21N3O2S. The summed E-state index contributed by atoms with van der Waals surface area (Å²) in [6.07, 6.45) is 4.77. The van der Waals surface area contributed by atoms with Crippen molar-refractivity contribution in [3.8, 4) is 0 Å². The molecule has 1 saturated heterocycles. The van der Waals surface area contributed by atoms with Gasteiger partial charge in [-0.1, -0.05) is 12.8 Å². The van der Waals surface area contributed by atoms with Crippen LogP contribution in [0.1, 0.15) is 42.8 Å². The van der Waals surface area contributed by atoms with Crippen molar-refractivity contribution in [1.29, 1.82) is 0 Å². The summed E-state index contributed by atoms with van der Waals surface area (Å²) in [4.78, 5) is 31.1. The van der Waals surface area contributed by atoms with Crippen molar-refractivity contribution in [3.63, 3.8) is 0 Å². The Kier molecular flexibility index (Phi) is 3.97. The Morgan fingerprint density at radius 3 is 2.81 bits per heavy atom. The van der Waals surface area contributed by atoms with Gasteiger partial charge in [0.25, 0.3) is 0 Å². The number of aryl methyl sites for hydroxylation is 1. The van der Waals surface area contributed by atoms with Crippen LogP contribution in [-0.4, -0.2) is 40.3 Å². The predicted octanol–water partition coefficient (Wildman–Crippen LogP) is 1.66. The molecule has 2 heterocycles. The monoisotopic (exact) mass is 307 g/mol. The number of nitrogens with zero attached hydrogens (tertiary/aromatic N) is 2. The standard InChI is InChI=1S/C15H21N3O2S/c1-11-16-12(10-21-11)4-8-18-9-5-13(19)17-15(14(18)20)6-2-3-7-15/h10H,2-9H2,1H3,(H,17,19). The van der Waals surface area contributed by atoms with Crippen LogP contribution in [0.2, 0.25) is 0 Å². The van der Waals surface area contributed by atoms with Gasteiger partial charge in [-0.15, -0.1) is 11.3 Å². The summed E-state index contributed by atoms with van der Waals surface area (Å²) in [6.45, 7) is 3.16. The summed E-state index contributed by atoms with van der Waals surface area (Å²) in [5.41, 5.74) is 0.417. The summed E-state index contributed by atoms with van der Waals surface area (Å²) >= 11 is 1.63. The maximum atomic E-state index is 12.8. The minimum Gasteiger partial charge on any atom is -0.342 e. The van der Waals surface area contributed by atoms with Crippen molar-refractivity contribution in [2.24, 2.45) is 0 Å². The molecule has 0 bridgehead atoms. The molecule has 114 valence electrons. The van der Waals surface area contributed by atoms with Gasteiger partial charge in [0.05, 0.1) is 10.7 Å². The van der Waals surface area contributed by atoms with Crippen molar-refractivity contribution in [2.75, 3.05) is 13.1 Å². The molecule has 1 aromatic rings. The zero-order valence-electron chi connectivity index (χ0n) is 12.4. The van der Waals surface area contributed by atoms with Crippen molar-refractivity contribution in [1.82, 2.24) is 15.2 Å². The Balaban J connectivity index is 1.71. The molecule has 2 amide bonds. The van der Waals surface area contributed by atoms with Gasteiger partial charge in [-0.2, -0.15) is 0 Å². The average Bonchev–Trinajstić information content (AvgIpc) is 3.05. The number of nitrogens with one attached hydrogen (secondary N) is 1. The molecule has 6 heteroatoms. The van der Waals surface area contributed by atoms with Gasteiger partial charge in [0.1, 0.15) is 5.54 Å². The minimum absolute atomic E-state index is 0.0113. The third kappa shape index (κ3) is 2.95. The highest BCUT2D eigenvalue weighted by Crippen LogP contribution is 2.33. The number of carbonyl (C=O) groups excluding carboxylic acids is 2. The fraction of sp³-hybridized carbons (Fsp3) is 0.667. The fourth-order valence-corrected chi connectivity index (χ4v) is 3.97. The highest BCUT2D eigenvalue weighted by atomic mass is 32.1. The van der Waals surface area contributed by atoms with Crippen LogP contribution in [0.3, 0.4) is 0 Å². The van der Waals surface area contributed by atoms with Gasteiger partial charge in [0.2, 0.25) is 11.8 Å². The second-order valence-electron chi connectivity index (χ2n) is 5.99. The molecule has 21 heavy (non-hydrogen) atoms. The lowest BCUT2D eigenvalue weighted by Gasteiger charge is -2.31. The third-order valence-corrected chi connectivity index (χ3v) is 5.27. The van der Waals surface area contributed by atoms with Crippen LogP contribution in [0, 0.1) is 6.92 Å². The zero-order chi connectivity index (χ0) is 14.9. The van der Waals surface area contributed by atoms with E-state index in [0.717, 1.165) is 42.8 Å². The lowest BCUT2D eigenvalue weighted by atomic mass is 9.96. The molecule has 0 radical (unpaired) electrons. The smallest absolute Gasteiger partial charge is 0.248 e. The molecule has 1 aromatic heterocycles. The van der Waals surface area contributed by atoms with E-state index in [1.165, 1.54) is 0 Å². The maximum absolute atomic E-state index is 12.8. The van der Waals surface area contributed by atoms with Crippen LogP contribution in [-0.2, 0) is 16.0 Å². The Morgan fingerprint density at radius 2 is 2.14 bits per heavy atom. The van der Waals surface area contributed by atoms with Crippen LogP contribution in [0.15, 0.2) is 5.38 Å². The SMILES string of the molecule is Cc1nc(CCN2CCC(=O)NC3(CCCC3)C2=O)cs1. The molecular weight excluding hydrogens is 286 g/mol. The van der Waals surface area contributed by atoms with Crippen LogP contribution in [0.5, 0.6) is 0 Å². The minimum atomic E-state index is -0.619. The van der Waals surface area contributed by atoms with E-state index in [-0.39, 0.29) is 11.8 Å². The molecule has 1 spiro atoms. The molecule has 1 N–H and O–H groups in total. The first-order valence-electron chi connectivity index (χ1n) is 7.60. The molecule has 5 nitrogen and oxygen atoms in total.